The van der Waals surface area contributed by atoms with Gasteiger partial charge in [0.15, 0.2) is 0 Å². The van der Waals surface area contributed by atoms with Crippen molar-refractivity contribution >= 4 is 16.8 Å². The summed E-state index contributed by atoms with van der Waals surface area (Å²) in [6.45, 7) is 0.943. The Bertz CT molecular complexity index is 558. The highest BCUT2D eigenvalue weighted by Crippen LogP contribution is 2.14. The van der Waals surface area contributed by atoms with E-state index in [1.807, 2.05) is 12.1 Å². The lowest BCUT2D eigenvalue weighted by atomic mass is 10.0. The van der Waals surface area contributed by atoms with E-state index < -0.39 is 5.54 Å². The van der Waals surface area contributed by atoms with Crippen molar-refractivity contribution in [1.82, 2.24) is 10.3 Å². The molecular weight excluding hydrogens is 232 g/mol. The van der Waals surface area contributed by atoms with Crippen molar-refractivity contribution in [2.24, 2.45) is 0 Å². The molecule has 2 rings (SSSR count). The van der Waals surface area contributed by atoms with Crippen LogP contribution in [0.15, 0.2) is 30.5 Å². The first kappa shape index (κ1) is 12.6. The summed E-state index contributed by atoms with van der Waals surface area (Å²) in [5.41, 5.74) is 0.345. The van der Waals surface area contributed by atoms with Crippen molar-refractivity contribution in [2.45, 2.75) is 12.5 Å². The summed E-state index contributed by atoms with van der Waals surface area (Å²) < 4.78 is 0. The zero-order valence-electron chi connectivity index (χ0n) is 10.1. The van der Waals surface area contributed by atoms with Gasteiger partial charge in [-0.25, -0.2) is 0 Å². The molecule has 0 radical (unpaired) electrons. The molecule has 1 amide bonds. The maximum Gasteiger partial charge on any atom is 0.251 e. The highest BCUT2D eigenvalue weighted by Gasteiger charge is 2.25. The van der Waals surface area contributed by atoms with Gasteiger partial charge in [-0.15, -0.1) is 0 Å². The molecular formula is C13H16N2O3. The van der Waals surface area contributed by atoms with Gasteiger partial charge in [0.05, 0.1) is 18.8 Å². The molecule has 96 valence electrons. The molecule has 0 spiro atoms. The summed E-state index contributed by atoms with van der Waals surface area (Å²) in [4.78, 5) is 15.0. The summed E-state index contributed by atoms with van der Waals surface area (Å²) in [5, 5.41) is 21.9. The number of aliphatic hydroxyl groups excluding tert-OH is 2. The molecule has 0 saturated heterocycles. The molecule has 0 bridgehead atoms. The van der Waals surface area contributed by atoms with Crippen molar-refractivity contribution in [3.8, 4) is 0 Å². The number of carbonyl (C=O) groups excluding carboxylic acids is 1. The lowest BCUT2D eigenvalue weighted by molar-refractivity contribution is 0.0724. The highest BCUT2D eigenvalue weighted by atomic mass is 16.3. The zero-order chi connectivity index (χ0) is 13.2. The van der Waals surface area contributed by atoms with E-state index in [2.05, 4.69) is 10.3 Å². The number of hydrogen-bond donors (Lipinski definition) is 4. The van der Waals surface area contributed by atoms with Crippen LogP contribution >= 0.6 is 0 Å². The average Bonchev–Trinajstić information content (AvgIpc) is 2.85. The summed E-state index contributed by atoms with van der Waals surface area (Å²) in [5.74, 6) is -0.322. The lowest BCUT2D eigenvalue weighted by Gasteiger charge is -2.26. The predicted molar refractivity (Wildman–Crippen MR) is 68.3 cm³/mol. The first-order valence-electron chi connectivity index (χ1n) is 5.69. The zero-order valence-corrected chi connectivity index (χ0v) is 10.1. The fourth-order valence-electron chi connectivity index (χ4n) is 1.66. The molecule has 1 aromatic carbocycles. The molecule has 4 N–H and O–H groups in total. The molecule has 0 saturated carbocycles. The fraction of sp³-hybridized carbons (Fsp3) is 0.308. The molecule has 1 heterocycles. The van der Waals surface area contributed by atoms with E-state index in [0.29, 0.717) is 5.56 Å². The Kier molecular flexibility index (Phi) is 3.36. The van der Waals surface area contributed by atoms with Crippen molar-refractivity contribution in [2.75, 3.05) is 13.2 Å². The Morgan fingerprint density at radius 1 is 1.33 bits per heavy atom. The van der Waals surface area contributed by atoms with E-state index >= 15 is 0 Å². The van der Waals surface area contributed by atoms with E-state index in [9.17, 15) is 4.79 Å². The SMILES string of the molecule is CC(CO)(CO)NC(=O)c1ccc2cc[nH]c2c1. The van der Waals surface area contributed by atoms with Crippen LogP contribution in [0.4, 0.5) is 0 Å². The topological polar surface area (TPSA) is 85.3 Å². The van der Waals surface area contributed by atoms with Gasteiger partial charge in [0.25, 0.3) is 5.91 Å². The summed E-state index contributed by atoms with van der Waals surface area (Å²) in [6.07, 6.45) is 1.80. The number of amides is 1. The van der Waals surface area contributed by atoms with Crippen LogP contribution in [0, 0.1) is 0 Å². The average molecular weight is 248 g/mol. The Hall–Kier alpha value is -1.85. The molecule has 0 atom stereocenters. The van der Waals surface area contributed by atoms with E-state index in [4.69, 9.17) is 10.2 Å². The minimum atomic E-state index is -1.01. The monoisotopic (exact) mass is 248 g/mol. The van der Waals surface area contributed by atoms with Crippen LogP contribution in [0.1, 0.15) is 17.3 Å². The van der Waals surface area contributed by atoms with Crippen LogP contribution < -0.4 is 5.32 Å². The Morgan fingerprint density at radius 2 is 2.06 bits per heavy atom. The summed E-state index contributed by atoms with van der Waals surface area (Å²) >= 11 is 0. The third-order valence-electron chi connectivity index (χ3n) is 2.93. The number of fused-ring (bicyclic) bond motifs is 1. The minimum absolute atomic E-state index is 0.319. The molecule has 0 aliphatic heterocycles. The second kappa shape index (κ2) is 4.80. The Morgan fingerprint density at radius 3 is 2.72 bits per heavy atom. The first-order valence-corrected chi connectivity index (χ1v) is 5.69. The van der Waals surface area contributed by atoms with Gasteiger partial charge in [-0.2, -0.15) is 0 Å². The first-order chi connectivity index (χ1) is 8.58. The molecule has 1 aromatic heterocycles. The van der Waals surface area contributed by atoms with Gasteiger partial charge >= 0.3 is 0 Å². The van der Waals surface area contributed by atoms with E-state index in [1.54, 1.807) is 25.3 Å². The number of aromatic amines is 1. The molecule has 5 nitrogen and oxygen atoms in total. The smallest absolute Gasteiger partial charge is 0.251 e. The van der Waals surface area contributed by atoms with E-state index in [-0.39, 0.29) is 19.1 Å². The van der Waals surface area contributed by atoms with Crippen molar-refractivity contribution in [1.29, 1.82) is 0 Å². The van der Waals surface area contributed by atoms with E-state index in [1.165, 1.54) is 0 Å². The Labute approximate surface area is 104 Å². The van der Waals surface area contributed by atoms with Gasteiger partial charge in [-0.3, -0.25) is 4.79 Å². The Balaban J connectivity index is 2.22. The van der Waals surface area contributed by atoms with Crippen LogP contribution in [0.25, 0.3) is 10.9 Å². The number of aliphatic hydroxyl groups is 2. The third-order valence-corrected chi connectivity index (χ3v) is 2.93. The van der Waals surface area contributed by atoms with Gasteiger partial charge in [0.1, 0.15) is 0 Å². The van der Waals surface area contributed by atoms with Gasteiger partial charge < -0.3 is 20.5 Å². The quantitative estimate of drug-likeness (QED) is 0.640. The van der Waals surface area contributed by atoms with Gasteiger partial charge in [0, 0.05) is 17.3 Å². The number of nitrogens with one attached hydrogen (secondary N) is 2. The lowest BCUT2D eigenvalue weighted by Crippen LogP contribution is -2.51. The number of aromatic nitrogens is 1. The predicted octanol–water partition coefficient (Wildman–Crippen LogP) is 0.641. The highest BCUT2D eigenvalue weighted by molar-refractivity contribution is 5.98. The molecule has 0 unspecified atom stereocenters. The number of benzene rings is 1. The minimum Gasteiger partial charge on any atom is -0.394 e. The van der Waals surface area contributed by atoms with Crippen molar-refractivity contribution in [3.05, 3.63) is 36.0 Å². The number of rotatable bonds is 4. The molecule has 5 heteroatoms. The van der Waals surface area contributed by atoms with Crippen molar-refractivity contribution < 1.29 is 15.0 Å². The van der Waals surface area contributed by atoms with Crippen LogP contribution in [0.3, 0.4) is 0 Å². The maximum absolute atomic E-state index is 12.0. The summed E-state index contributed by atoms with van der Waals surface area (Å²) in [7, 11) is 0. The molecule has 0 aliphatic carbocycles. The second-order valence-electron chi connectivity index (χ2n) is 4.61. The van der Waals surface area contributed by atoms with Crippen molar-refractivity contribution in [3.63, 3.8) is 0 Å². The number of H-pyrrole nitrogens is 1. The van der Waals surface area contributed by atoms with Crippen LogP contribution in [-0.4, -0.2) is 39.9 Å². The van der Waals surface area contributed by atoms with Gasteiger partial charge in [-0.1, -0.05) is 6.07 Å². The van der Waals surface area contributed by atoms with Crippen LogP contribution in [0.2, 0.25) is 0 Å². The maximum atomic E-state index is 12.0. The van der Waals surface area contributed by atoms with Gasteiger partial charge in [-0.05, 0) is 30.5 Å². The standard InChI is InChI=1S/C13H16N2O3/c1-13(7-16,8-17)15-12(18)10-3-2-9-4-5-14-11(9)6-10/h2-6,14,16-17H,7-8H2,1H3,(H,15,18). The largest absolute Gasteiger partial charge is 0.394 e. The molecule has 0 fully saturated rings. The van der Waals surface area contributed by atoms with E-state index in [0.717, 1.165) is 10.9 Å². The third kappa shape index (κ3) is 2.37. The van der Waals surface area contributed by atoms with Crippen LogP contribution in [-0.2, 0) is 0 Å². The normalized spacial score (nSPS) is 11.7. The van der Waals surface area contributed by atoms with Crippen LogP contribution in [0.5, 0.6) is 0 Å². The van der Waals surface area contributed by atoms with Gasteiger partial charge in [0.2, 0.25) is 0 Å². The second-order valence-corrected chi connectivity index (χ2v) is 4.61. The number of carbonyl (C=O) groups is 1. The summed E-state index contributed by atoms with van der Waals surface area (Å²) in [6, 6.07) is 7.21. The number of hydrogen-bond acceptors (Lipinski definition) is 3. The fourth-order valence-corrected chi connectivity index (χ4v) is 1.66. The molecule has 0 aliphatic rings. The molecule has 18 heavy (non-hydrogen) atoms. The molecule has 2 aromatic rings.